The summed E-state index contributed by atoms with van der Waals surface area (Å²) in [4.78, 5) is 12.8. The SMILES string of the molecule is CC1(C)CCC(C(=O)c2cccc3ccccc23)CC1. The number of carbonyl (C=O) groups is 1. The van der Waals surface area contributed by atoms with Crippen molar-refractivity contribution in [1.29, 1.82) is 0 Å². The molecule has 1 nitrogen and oxygen atoms in total. The predicted molar refractivity (Wildman–Crippen MR) is 84.0 cm³/mol. The molecule has 0 aliphatic heterocycles. The van der Waals surface area contributed by atoms with Crippen LogP contribution in [0.1, 0.15) is 49.9 Å². The van der Waals surface area contributed by atoms with E-state index in [0.717, 1.165) is 42.0 Å². The highest BCUT2D eigenvalue weighted by Crippen LogP contribution is 2.39. The second-order valence-electron chi connectivity index (χ2n) is 6.83. The first-order valence-electron chi connectivity index (χ1n) is 7.59. The smallest absolute Gasteiger partial charge is 0.166 e. The summed E-state index contributed by atoms with van der Waals surface area (Å²) in [6, 6.07) is 14.3. The Balaban J connectivity index is 1.90. The van der Waals surface area contributed by atoms with Crippen LogP contribution in [0.2, 0.25) is 0 Å². The second-order valence-corrected chi connectivity index (χ2v) is 6.83. The predicted octanol–water partition coefficient (Wildman–Crippen LogP) is 5.24. The van der Waals surface area contributed by atoms with Crippen molar-refractivity contribution in [2.45, 2.75) is 39.5 Å². The summed E-state index contributed by atoms with van der Waals surface area (Å²) in [5.41, 5.74) is 1.32. The minimum absolute atomic E-state index is 0.217. The fourth-order valence-electron chi connectivity index (χ4n) is 3.32. The van der Waals surface area contributed by atoms with Crippen molar-refractivity contribution in [2.75, 3.05) is 0 Å². The van der Waals surface area contributed by atoms with Crippen LogP contribution in [0.4, 0.5) is 0 Å². The van der Waals surface area contributed by atoms with Gasteiger partial charge in [-0.1, -0.05) is 56.3 Å². The third-order valence-electron chi connectivity index (χ3n) is 4.77. The van der Waals surface area contributed by atoms with Crippen molar-refractivity contribution in [3.63, 3.8) is 0 Å². The van der Waals surface area contributed by atoms with Gasteiger partial charge in [0.05, 0.1) is 0 Å². The van der Waals surface area contributed by atoms with Gasteiger partial charge in [-0.15, -0.1) is 0 Å². The lowest BCUT2D eigenvalue weighted by Gasteiger charge is -2.33. The molecule has 0 amide bonds. The molecule has 2 aromatic carbocycles. The van der Waals surface area contributed by atoms with Crippen molar-refractivity contribution in [1.82, 2.24) is 0 Å². The van der Waals surface area contributed by atoms with Crippen LogP contribution in [0.5, 0.6) is 0 Å². The monoisotopic (exact) mass is 266 g/mol. The summed E-state index contributed by atoms with van der Waals surface area (Å²) in [7, 11) is 0. The molecule has 0 unspecified atom stereocenters. The summed E-state index contributed by atoms with van der Waals surface area (Å²) < 4.78 is 0. The standard InChI is InChI=1S/C19H22O/c1-19(2)12-10-15(11-13-19)18(20)17-9-5-7-14-6-3-4-8-16(14)17/h3-9,15H,10-13H2,1-2H3. The molecule has 2 aromatic rings. The van der Waals surface area contributed by atoms with Crippen LogP contribution in [0.15, 0.2) is 42.5 Å². The van der Waals surface area contributed by atoms with Crippen LogP contribution < -0.4 is 0 Å². The maximum atomic E-state index is 12.8. The van der Waals surface area contributed by atoms with Gasteiger partial charge < -0.3 is 0 Å². The molecule has 0 radical (unpaired) electrons. The van der Waals surface area contributed by atoms with Gasteiger partial charge in [0.15, 0.2) is 5.78 Å². The van der Waals surface area contributed by atoms with Crippen molar-refractivity contribution in [3.8, 4) is 0 Å². The molecular formula is C19H22O. The highest BCUT2D eigenvalue weighted by atomic mass is 16.1. The average molecular weight is 266 g/mol. The molecule has 0 bridgehead atoms. The van der Waals surface area contributed by atoms with Crippen LogP contribution in [-0.4, -0.2) is 5.78 Å². The minimum Gasteiger partial charge on any atom is -0.294 e. The van der Waals surface area contributed by atoms with E-state index in [4.69, 9.17) is 0 Å². The molecule has 20 heavy (non-hydrogen) atoms. The zero-order chi connectivity index (χ0) is 14.2. The summed E-state index contributed by atoms with van der Waals surface area (Å²) >= 11 is 0. The number of hydrogen-bond acceptors (Lipinski definition) is 1. The molecule has 0 atom stereocenters. The summed E-state index contributed by atoms with van der Waals surface area (Å²) in [6.45, 7) is 4.62. The lowest BCUT2D eigenvalue weighted by molar-refractivity contribution is 0.0840. The fourth-order valence-corrected chi connectivity index (χ4v) is 3.32. The quantitative estimate of drug-likeness (QED) is 0.679. The van der Waals surface area contributed by atoms with E-state index in [0.29, 0.717) is 11.2 Å². The number of fused-ring (bicyclic) bond motifs is 1. The lowest BCUT2D eigenvalue weighted by atomic mass is 9.71. The average Bonchev–Trinajstić information content (AvgIpc) is 2.46. The molecule has 3 rings (SSSR count). The Kier molecular flexibility index (Phi) is 3.37. The van der Waals surface area contributed by atoms with E-state index in [1.54, 1.807) is 0 Å². The molecule has 0 spiro atoms. The molecule has 104 valence electrons. The molecule has 0 aromatic heterocycles. The highest BCUT2D eigenvalue weighted by Gasteiger charge is 2.31. The van der Waals surface area contributed by atoms with Crippen LogP contribution in [-0.2, 0) is 0 Å². The van der Waals surface area contributed by atoms with Gasteiger partial charge in [-0.3, -0.25) is 4.79 Å². The molecule has 0 heterocycles. The van der Waals surface area contributed by atoms with E-state index in [-0.39, 0.29) is 5.92 Å². The van der Waals surface area contributed by atoms with Crippen molar-refractivity contribution in [3.05, 3.63) is 48.0 Å². The zero-order valence-corrected chi connectivity index (χ0v) is 12.4. The number of hydrogen-bond donors (Lipinski definition) is 0. The summed E-state index contributed by atoms with van der Waals surface area (Å²) in [5, 5.41) is 2.26. The van der Waals surface area contributed by atoms with Gasteiger partial charge in [0.25, 0.3) is 0 Å². The minimum atomic E-state index is 0.217. The van der Waals surface area contributed by atoms with Gasteiger partial charge in [0.1, 0.15) is 0 Å². The van der Waals surface area contributed by atoms with Gasteiger partial charge in [0.2, 0.25) is 0 Å². The number of rotatable bonds is 2. The van der Waals surface area contributed by atoms with Crippen LogP contribution >= 0.6 is 0 Å². The van der Waals surface area contributed by atoms with Crippen LogP contribution in [0.25, 0.3) is 10.8 Å². The van der Waals surface area contributed by atoms with Gasteiger partial charge in [-0.25, -0.2) is 0 Å². The topological polar surface area (TPSA) is 17.1 Å². The van der Waals surface area contributed by atoms with Crippen molar-refractivity contribution >= 4 is 16.6 Å². The molecule has 1 aliphatic carbocycles. The Bertz CT molecular complexity index is 624. The maximum Gasteiger partial charge on any atom is 0.166 e. The normalized spacial score (nSPS) is 19.1. The molecule has 1 heteroatoms. The van der Waals surface area contributed by atoms with Crippen LogP contribution in [0.3, 0.4) is 0 Å². The first-order chi connectivity index (χ1) is 9.57. The molecule has 1 fully saturated rings. The number of Topliss-reactive ketones (excluding diaryl/α,β-unsaturated/α-hetero) is 1. The third-order valence-corrected chi connectivity index (χ3v) is 4.77. The Labute approximate surface area is 121 Å². The molecule has 0 N–H and O–H groups in total. The molecular weight excluding hydrogens is 244 g/mol. The molecule has 1 saturated carbocycles. The van der Waals surface area contributed by atoms with Crippen molar-refractivity contribution in [2.24, 2.45) is 11.3 Å². The van der Waals surface area contributed by atoms with E-state index in [1.165, 1.54) is 0 Å². The first kappa shape index (κ1) is 13.4. The van der Waals surface area contributed by atoms with Gasteiger partial charge >= 0.3 is 0 Å². The number of benzene rings is 2. The van der Waals surface area contributed by atoms with E-state index in [2.05, 4.69) is 32.0 Å². The number of carbonyl (C=O) groups excluding carboxylic acids is 1. The van der Waals surface area contributed by atoms with E-state index in [1.807, 2.05) is 24.3 Å². The largest absolute Gasteiger partial charge is 0.294 e. The fraction of sp³-hybridized carbons (Fsp3) is 0.421. The lowest BCUT2D eigenvalue weighted by Crippen LogP contribution is -2.26. The Morgan fingerprint density at radius 3 is 2.40 bits per heavy atom. The van der Waals surface area contributed by atoms with Crippen molar-refractivity contribution < 1.29 is 4.79 Å². The zero-order valence-electron chi connectivity index (χ0n) is 12.4. The molecule has 0 saturated heterocycles. The Hall–Kier alpha value is -1.63. The third kappa shape index (κ3) is 2.49. The van der Waals surface area contributed by atoms with E-state index >= 15 is 0 Å². The first-order valence-corrected chi connectivity index (χ1v) is 7.59. The number of ketones is 1. The van der Waals surface area contributed by atoms with E-state index < -0.39 is 0 Å². The van der Waals surface area contributed by atoms with Gasteiger partial charge in [-0.05, 0) is 41.9 Å². The summed E-state index contributed by atoms with van der Waals surface area (Å²) in [5.74, 6) is 0.561. The Morgan fingerprint density at radius 2 is 1.65 bits per heavy atom. The van der Waals surface area contributed by atoms with E-state index in [9.17, 15) is 4.79 Å². The highest BCUT2D eigenvalue weighted by molar-refractivity contribution is 6.09. The van der Waals surface area contributed by atoms with Gasteiger partial charge in [-0.2, -0.15) is 0 Å². The second kappa shape index (κ2) is 5.05. The Morgan fingerprint density at radius 1 is 1.00 bits per heavy atom. The molecule has 1 aliphatic rings. The maximum absolute atomic E-state index is 12.8. The van der Waals surface area contributed by atoms with Gasteiger partial charge in [0, 0.05) is 11.5 Å². The van der Waals surface area contributed by atoms with Crippen LogP contribution in [0, 0.1) is 11.3 Å². The summed E-state index contributed by atoms with van der Waals surface area (Å²) in [6.07, 6.45) is 4.40.